The van der Waals surface area contributed by atoms with E-state index in [0.29, 0.717) is 11.5 Å². The highest BCUT2D eigenvalue weighted by molar-refractivity contribution is 6.04. The Labute approximate surface area is 127 Å². The summed E-state index contributed by atoms with van der Waals surface area (Å²) in [4.78, 5) is 26.9. The van der Waals surface area contributed by atoms with E-state index in [2.05, 4.69) is 15.6 Å². The van der Waals surface area contributed by atoms with E-state index in [1.165, 1.54) is 17.2 Å². The minimum atomic E-state index is -0.237. The Kier molecular flexibility index (Phi) is 3.08. The van der Waals surface area contributed by atoms with Crippen LogP contribution in [0.1, 0.15) is 45.9 Å². The molecule has 1 aliphatic heterocycles. The molecule has 1 aromatic carbocycles. The van der Waals surface area contributed by atoms with Crippen molar-refractivity contribution >= 4 is 11.6 Å². The molecule has 0 unspecified atom stereocenters. The third kappa shape index (κ3) is 2.55. The smallest absolute Gasteiger partial charge is 0.255 e. The van der Waals surface area contributed by atoms with E-state index >= 15 is 0 Å². The van der Waals surface area contributed by atoms with Gasteiger partial charge in [0.2, 0.25) is 5.56 Å². The Morgan fingerprint density at radius 2 is 1.91 bits per heavy atom. The zero-order valence-electron chi connectivity index (χ0n) is 12.1. The lowest BCUT2D eigenvalue weighted by atomic mass is 10.1. The van der Waals surface area contributed by atoms with Gasteiger partial charge < -0.3 is 15.6 Å². The summed E-state index contributed by atoms with van der Waals surface area (Å²) in [5, 5.41) is 6.16. The Hall–Kier alpha value is -2.40. The second-order valence-corrected chi connectivity index (χ2v) is 6.00. The van der Waals surface area contributed by atoms with Gasteiger partial charge in [-0.15, -0.1) is 0 Å². The molecule has 0 radical (unpaired) electrons. The van der Waals surface area contributed by atoms with E-state index in [1.54, 1.807) is 6.07 Å². The molecule has 0 saturated heterocycles. The summed E-state index contributed by atoms with van der Waals surface area (Å²) in [5.41, 5.74) is 4.32. The minimum absolute atomic E-state index is 0.215. The van der Waals surface area contributed by atoms with Crippen LogP contribution in [-0.4, -0.2) is 10.9 Å². The molecule has 1 amide bonds. The number of hydrogen-bond donors (Lipinski definition) is 3. The molecule has 1 aliphatic carbocycles. The summed E-state index contributed by atoms with van der Waals surface area (Å²) in [6.45, 7) is 1.71. The molecule has 1 fully saturated rings. The van der Waals surface area contributed by atoms with Crippen LogP contribution in [-0.2, 0) is 13.1 Å². The third-order valence-electron chi connectivity index (χ3n) is 4.24. The fourth-order valence-corrected chi connectivity index (χ4v) is 2.89. The van der Waals surface area contributed by atoms with Crippen LogP contribution in [0.4, 0.5) is 5.69 Å². The molecule has 0 spiro atoms. The predicted octanol–water partition coefficient (Wildman–Crippen LogP) is 2.11. The van der Waals surface area contributed by atoms with E-state index in [4.69, 9.17) is 0 Å². The number of hydrogen-bond acceptors (Lipinski definition) is 3. The van der Waals surface area contributed by atoms with E-state index in [-0.39, 0.29) is 11.5 Å². The number of fused-ring (bicyclic) bond motifs is 1. The van der Waals surface area contributed by atoms with Crippen LogP contribution in [0.25, 0.3) is 0 Å². The largest absolute Gasteiger partial charge is 0.326 e. The second kappa shape index (κ2) is 5.10. The lowest BCUT2D eigenvalue weighted by molar-refractivity contribution is 0.102. The molecule has 5 heteroatoms. The number of H-pyrrole nitrogens is 1. The average Bonchev–Trinajstić information content (AvgIpc) is 3.25. The normalized spacial score (nSPS) is 16.4. The van der Waals surface area contributed by atoms with Gasteiger partial charge in [-0.05, 0) is 48.1 Å². The molecule has 0 atom stereocenters. The summed E-state index contributed by atoms with van der Waals surface area (Å²) in [6, 6.07) is 9.07. The second-order valence-electron chi connectivity index (χ2n) is 6.00. The molecule has 5 nitrogen and oxygen atoms in total. The number of carbonyl (C=O) groups is 1. The van der Waals surface area contributed by atoms with Crippen LogP contribution in [0.5, 0.6) is 0 Å². The monoisotopic (exact) mass is 295 g/mol. The first kappa shape index (κ1) is 13.3. The zero-order valence-corrected chi connectivity index (χ0v) is 12.1. The highest BCUT2D eigenvalue weighted by Gasteiger charge is 2.25. The van der Waals surface area contributed by atoms with Crippen LogP contribution in [0.3, 0.4) is 0 Å². The molecule has 2 aliphatic rings. The number of anilines is 1. The quantitative estimate of drug-likeness (QED) is 0.812. The summed E-state index contributed by atoms with van der Waals surface area (Å²) < 4.78 is 0. The third-order valence-corrected chi connectivity index (χ3v) is 4.24. The van der Waals surface area contributed by atoms with Crippen molar-refractivity contribution in [2.75, 3.05) is 5.32 Å². The van der Waals surface area contributed by atoms with Crippen molar-refractivity contribution in [2.45, 2.75) is 31.8 Å². The molecular formula is C17H17N3O2. The molecule has 3 N–H and O–H groups in total. The van der Waals surface area contributed by atoms with Gasteiger partial charge >= 0.3 is 0 Å². The average molecular weight is 295 g/mol. The van der Waals surface area contributed by atoms with Gasteiger partial charge in [0.15, 0.2) is 0 Å². The maximum absolute atomic E-state index is 12.4. The number of amides is 1. The van der Waals surface area contributed by atoms with Gasteiger partial charge in [0, 0.05) is 36.1 Å². The SMILES string of the molecule is O=C(Nc1ccc2c(c1)CNC2)c1cc(C2CC2)[nH]c(=O)c1. The van der Waals surface area contributed by atoms with Crippen molar-refractivity contribution in [3.63, 3.8) is 0 Å². The Balaban J connectivity index is 1.58. The van der Waals surface area contributed by atoms with Crippen molar-refractivity contribution < 1.29 is 4.79 Å². The molecule has 1 saturated carbocycles. The molecule has 0 bridgehead atoms. The first-order valence-corrected chi connectivity index (χ1v) is 7.57. The summed E-state index contributed by atoms with van der Waals surface area (Å²) >= 11 is 0. The van der Waals surface area contributed by atoms with Gasteiger partial charge in [0.1, 0.15) is 0 Å². The molecule has 4 rings (SSSR count). The summed E-state index contributed by atoms with van der Waals surface area (Å²) in [6.07, 6.45) is 2.16. The summed E-state index contributed by atoms with van der Waals surface area (Å²) in [7, 11) is 0. The predicted molar refractivity (Wildman–Crippen MR) is 84.0 cm³/mol. The Morgan fingerprint density at radius 3 is 2.73 bits per heavy atom. The number of nitrogens with one attached hydrogen (secondary N) is 3. The molecule has 22 heavy (non-hydrogen) atoms. The van der Waals surface area contributed by atoms with Gasteiger partial charge in [0.05, 0.1) is 0 Å². The van der Waals surface area contributed by atoms with Crippen molar-refractivity contribution in [3.05, 3.63) is 63.1 Å². The van der Waals surface area contributed by atoms with Gasteiger partial charge in [-0.2, -0.15) is 0 Å². The van der Waals surface area contributed by atoms with Crippen LogP contribution < -0.4 is 16.2 Å². The van der Waals surface area contributed by atoms with Crippen molar-refractivity contribution in [3.8, 4) is 0 Å². The van der Waals surface area contributed by atoms with E-state index in [0.717, 1.165) is 37.3 Å². The molecule has 1 aromatic heterocycles. The van der Waals surface area contributed by atoms with Crippen LogP contribution in [0.15, 0.2) is 35.1 Å². The first-order chi connectivity index (χ1) is 10.7. The van der Waals surface area contributed by atoms with Gasteiger partial charge in [-0.1, -0.05) is 6.07 Å². The summed E-state index contributed by atoms with van der Waals surface area (Å²) in [5.74, 6) is 0.172. The number of aromatic amines is 1. The Bertz CT molecular complexity index is 806. The van der Waals surface area contributed by atoms with Crippen LogP contribution in [0, 0.1) is 0 Å². The molecule has 2 heterocycles. The number of benzene rings is 1. The molecular weight excluding hydrogens is 278 g/mol. The zero-order chi connectivity index (χ0) is 15.1. The molecule has 2 aromatic rings. The maximum atomic E-state index is 12.4. The standard InChI is InChI=1S/C17H17N3O2/c21-16-7-12(6-15(20-16)10-1-2-10)17(22)19-14-4-3-11-8-18-9-13(11)5-14/h3-7,10,18H,1-2,8-9H2,(H,19,22)(H,20,21). The van der Waals surface area contributed by atoms with Crippen molar-refractivity contribution in [2.24, 2.45) is 0 Å². The van der Waals surface area contributed by atoms with Crippen molar-refractivity contribution in [1.29, 1.82) is 0 Å². The van der Waals surface area contributed by atoms with Crippen LogP contribution >= 0.6 is 0 Å². The van der Waals surface area contributed by atoms with E-state index in [1.807, 2.05) is 18.2 Å². The maximum Gasteiger partial charge on any atom is 0.255 e. The number of aromatic nitrogens is 1. The van der Waals surface area contributed by atoms with E-state index < -0.39 is 0 Å². The first-order valence-electron chi connectivity index (χ1n) is 7.57. The highest BCUT2D eigenvalue weighted by Crippen LogP contribution is 2.38. The minimum Gasteiger partial charge on any atom is -0.326 e. The number of pyridine rings is 1. The molecule has 112 valence electrons. The van der Waals surface area contributed by atoms with Gasteiger partial charge in [-0.3, -0.25) is 9.59 Å². The lowest BCUT2D eigenvalue weighted by Crippen LogP contribution is -2.17. The highest BCUT2D eigenvalue weighted by atomic mass is 16.2. The fraction of sp³-hybridized carbons (Fsp3) is 0.294. The number of rotatable bonds is 3. The Morgan fingerprint density at radius 1 is 1.09 bits per heavy atom. The van der Waals surface area contributed by atoms with Gasteiger partial charge in [0.25, 0.3) is 5.91 Å². The van der Waals surface area contributed by atoms with Crippen LogP contribution in [0.2, 0.25) is 0 Å². The van der Waals surface area contributed by atoms with Crippen molar-refractivity contribution in [1.82, 2.24) is 10.3 Å². The fourth-order valence-electron chi connectivity index (χ4n) is 2.89. The van der Waals surface area contributed by atoms with E-state index in [9.17, 15) is 9.59 Å². The van der Waals surface area contributed by atoms with Gasteiger partial charge in [-0.25, -0.2) is 0 Å². The topological polar surface area (TPSA) is 74.0 Å². The lowest BCUT2D eigenvalue weighted by Gasteiger charge is -2.08. The number of carbonyl (C=O) groups excluding carboxylic acids is 1.